The summed E-state index contributed by atoms with van der Waals surface area (Å²) < 4.78 is 7.53. The van der Waals surface area contributed by atoms with Crippen LogP contribution in [0.3, 0.4) is 0 Å². The second kappa shape index (κ2) is 6.45. The van der Waals surface area contributed by atoms with Crippen LogP contribution in [-0.2, 0) is 0 Å². The molecule has 0 saturated carbocycles. The number of piperazine rings is 1. The van der Waals surface area contributed by atoms with Crippen molar-refractivity contribution in [3.05, 3.63) is 59.0 Å². The maximum Gasteiger partial charge on any atom is 0.345 e. The van der Waals surface area contributed by atoms with Crippen LogP contribution in [0.5, 0.6) is 0 Å². The molecule has 1 aromatic carbocycles. The van der Waals surface area contributed by atoms with E-state index in [0.717, 1.165) is 36.4 Å². The number of imidazole rings is 1. The highest BCUT2D eigenvalue weighted by molar-refractivity contribution is 5.84. The molecule has 7 heteroatoms. The Balaban J connectivity index is 1.56. The number of benzene rings is 1. The second-order valence-corrected chi connectivity index (χ2v) is 7.39. The predicted molar refractivity (Wildman–Crippen MR) is 109 cm³/mol. The smallest absolute Gasteiger partial charge is 0.345 e. The highest BCUT2D eigenvalue weighted by Crippen LogP contribution is 2.25. The lowest BCUT2D eigenvalue weighted by Gasteiger charge is -2.33. The minimum atomic E-state index is -0.383. The monoisotopic (exact) mass is 375 g/mol. The van der Waals surface area contributed by atoms with Crippen molar-refractivity contribution < 1.29 is 4.42 Å². The van der Waals surface area contributed by atoms with Crippen molar-refractivity contribution in [2.45, 2.75) is 19.9 Å². The highest BCUT2D eigenvalue weighted by Gasteiger charge is 2.17. The third-order valence-electron chi connectivity index (χ3n) is 5.20. The molecule has 142 valence electrons. The molecule has 1 fully saturated rings. The van der Waals surface area contributed by atoms with Gasteiger partial charge in [0.05, 0.1) is 23.1 Å². The minimum absolute atomic E-state index is 0.383. The lowest BCUT2D eigenvalue weighted by atomic mass is 10.1. The number of nitrogens with zero attached hydrogens (tertiary/aromatic N) is 4. The van der Waals surface area contributed by atoms with Crippen LogP contribution in [-0.4, -0.2) is 40.0 Å². The molecule has 1 saturated heterocycles. The molecule has 0 spiro atoms. The van der Waals surface area contributed by atoms with Crippen LogP contribution in [0.25, 0.3) is 27.9 Å². The molecule has 0 aliphatic carbocycles. The molecule has 1 aliphatic rings. The van der Waals surface area contributed by atoms with E-state index in [0.29, 0.717) is 28.5 Å². The fourth-order valence-corrected chi connectivity index (χ4v) is 3.77. The molecular weight excluding hydrogens is 354 g/mol. The zero-order valence-corrected chi connectivity index (χ0v) is 15.8. The molecule has 4 heterocycles. The van der Waals surface area contributed by atoms with Crippen LogP contribution in [0.4, 0.5) is 5.69 Å². The van der Waals surface area contributed by atoms with E-state index in [2.05, 4.69) is 33.2 Å². The summed E-state index contributed by atoms with van der Waals surface area (Å²) in [7, 11) is 0. The largest absolute Gasteiger partial charge is 0.422 e. The van der Waals surface area contributed by atoms with E-state index < -0.39 is 0 Å². The second-order valence-electron chi connectivity index (χ2n) is 7.39. The average Bonchev–Trinajstić information content (AvgIpc) is 3.10. The van der Waals surface area contributed by atoms with Gasteiger partial charge in [-0.15, -0.1) is 0 Å². The summed E-state index contributed by atoms with van der Waals surface area (Å²) in [5, 5.41) is 4.32. The number of fused-ring (bicyclic) bond motifs is 2. The zero-order valence-electron chi connectivity index (χ0n) is 15.8. The number of rotatable bonds is 2. The van der Waals surface area contributed by atoms with Gasteiger partial charge in [0.1, 0.15) is 5.58 Å². The molecule has 1 aliphatic heterocycles. The first kappa shape index (κ1) is 16.9. The first-order chi connectivity index (χ1) is 13.6. The third-order valence-corrected chi connectivity index (χ3v) is 5.20. The summed E-state index contributed by atoms with van der Waals surface area (Å²) >= 11 is 0. The van der Waals surface area contributed by atoms with Gasteiger partial charge in [-0.25, -0.2) is 9.78 Å². The van der Waals surface area contributed by atoms with E-state index in [-0.39, 0.29) is 5.63 Å². The van der Waals surface area contributed by atoms with Gasteiger partial charge in [0.2, 0.25) is 0 Å². The normalized spacial score (nSPS) is 17.5. The maximum absolute atomic E-state index is 12.7. The van der Waals surface area contributed by atoms with E-state index in [4.69, 9.17) is 4.42 Å². The Morgan fingerprint density at radius 1 is 1.25 bits per heavy atom. The van der Waals surface area contributed by atoms with Crippen LogP contribution < -0.4 is 15.8 Å². The lowest BCUT2D eigenvalue weighted by Crippen LogP contribution is -2.49. The molecule has 3 aromatic heterocycles. The number of hydrogen-bond acceptors (Lipinski definition) is 6. The molecule has 0 radical (unpaired) electrons. The molecule has 5 rings (SSSR count). The summed E-state index contributed by atoms with van der Waals surface area (Å²) in [5.74, 6) is 0. The molecule has 7 nitrogen and oxygen atoms in total. The van der Waals surface area contributed by atoms with E-state index in [9.17, 15) is 4.79 Å². The summed E-state index contributed by atoms with van der Waals surface area (Å²) in [5.41, 5.74) is 3.91. The molecule has 1 unspecified atom stereocenters. The van der Waals surface area contributed by atoms with Crippen LogP contribution >= 0.6 is 0 Å². The Hall–Kier alpha value is -3.19. The van der Waals surface area contributed by atoms with Crippen molar-refractivity contribution >= 4 is 22.3 Å². The standard InChI is InChI=1S/C21H21N5O2/c1-13-10-25(6-5-22-13)16-4-3-15-7-17(21(27)28-19(15)8-16)18-12-26-11-14(2)23-9-20(26)24-18/h3-4,7-9,11-13,22H,5-6,10H2,1-2H3. The van der Waals surface area contributed by atoms with Crippen molar-refractivity contribution in [3.8, 4) is 11.3 Å². The van der Waals surface area contributed by atoms with Crippen LogP contribution in [0.2, 0.25) is 0 Å². The lowest BCUT2D eigenvalue weighted by molar-refractivity contribution is 0.484. The number of hydrogen-bond donors (Lipinski definition) is 1. The van der Waals surface area contributed by atoms with Gasteiger partial charge in [-0.05, 0) is 32.0 Å². The van der Waals surface area contributed by atoms with Gasteiger partial charge in [0.25, 0.3) is 0 Å². The van der Waals surface area contributed by atoms with Crippen molar-refractivity contribution in [1.29, 1.82) is 0 Å². The SMILES string of the molecule is Cc1cn2cc(-c3cc4ccc(N5CCNC(C)C5)cc4oc3=O)nc2cn1. The molecule has 1 N–H and O–H groups in total. The van der Waals surface area contributed by atoms with Crippen LogP contribution in [0, 0.1) is 6.92 Å². The van der Waals surface area contributed by atoms with Gasteiger partial charge in [0, 0.05) is 55.2 Å². The minimum Gasteiger partial charge on any atom is -0.422 e. The van der Waals surface area contributed by atoms with Gasteiger partial charge in [0.15, 0.2) is 5.65 Å². The van der Waals surface area contributed by atoms with Crippen molar-refractivity contribution in [1.82, 2.24) is 19.7 Å². The van der Waals surface area contributed by atoms with Crippen molar-refractivity contribution in [2.24, 2.45) is 0 Å². The van der Waals surface area contributed by atoms with Gasteiger partial charge in [-0.2, -0.15) is 0 Å². The first-order valence-electron chi connectivity index (χ1n) is 9.45. The Labute approximate surface area is 161 Å². The fraction of sp³-hybridized carbons (Fsp3) is 0.286. The molecular formula is C21H21N5O2. The molecule has 0 bridgehead atoms. The molecule has 1 atom stereocenters. The quantitative estimate of drug-likeness (QED) is 0.543. The van der Waals surface area contributed by atoms with Crippen molar-refractivity contribution in [2.75, 3.05) is 24.5 Å². The summed E-state index contributed by atoms with van der Waals surface area (Å²) in [6.45, 7) is 6.91. The topological polar surface area (TPSA) is 75.7 Å². The maximum atomic E-state index is 12.7. The molecule has 0 amide bonds. The average molecular weight is 375 g/mol. The number of anilines is 1. The highest BCUT2D eigenvalue weighted by atomic mass is 16.4. The Bertz CT molecular complexity index is 1240. The number of aryl methyl sites for hydroxylation is 1. The third kappa shape index (κ3) is 2.93. The summed E-state index contributed by atoms with van der Waals surface area (Å²) in [6, 6.07) is 8.34. The van der Waals surface area contributed by atoms with Gasteiger partial charge >= 0.3 is 5.63 Å². The van der Waals surface area contributed by atoms with Crippen molar-refractivity contribution in [3.63, 3.8) is 0 Å². The predicted octanol–water partition coefficient (Wildman–Crippen LogP) is 2.61. The van der Waals surface area contributed by atoms with Gasteiger partial charge in [-0.1, -0.05) is 0 Å². The Morgan fingerprint density at radius 2 is 2.14 bits per heavy atom. The van der Waals surface area contributed by atoms with Crippen LogP contribution in [0.1, 0.15) is 12.6 Å². The first-order valence-corrected chi connectivity index (χ1v) is 9.45. The van der Waals surface area contributed by atoms with Gasteiger partial charge < -0.3 is 19.0 Å². The van der Waals surface area contributed by atoms with E-state index in [1.165, 1.54) is 0 Å². The molecule has 28 heavy (non-hydrogen) atoms. The van der Waals surface area contributed by atoms with E-state index in [1.54, 1.807) is 6.20 Å². The summed E-state index contributed by atoms with van der Waals surface area (Å²) in [6.07, 6.45) is 5.41. The van der Waals surface area contributed by atoms with Crippen LogP contribution in [0.15, 0.2) is 52.1 Å². The van der Waals surface area contributed by atoms with E-state index >= 15 is 0 Å². The summed E-state index contributed by atoms with van der Waals surface area (Å²) in [4.78, 5) is 23.7. The molecule has 4 aromatic rings. The Kier molecular flexibility index (Phi) is 3.91. The Morgan fingerprint density at radius 3 is 3.00 bits per heavy atom. The van der Waals surface area contributed by atoms with E-state index in [1.807, 2.05) is 41.9 Å². The zero-order chi connectivity index (χ0) is 19.3. The fourth-order valence-electron chi connectivity index (χ4n) is 3.77. The number of aromatic nitrogens is 3. The van der Waals surface area contributed by atoms with Gasteiger partial charge in [-0.3, -0.25) is 4.98 Å². The number of nitrogens with one attached hydrogen (secondary N) is 1.